The van der Waals surface area contributed by atoms with E-state index in [0.29, 0.717) is 0 Å². The fourth-order valence-corrected chi connectivity index (χ4v) is 9.52. The Bertz CT molecular complexity index is 3550. The van der Waals surface area contributed by atoms with Gasteiger partial charge in [-0.1, -0.05) is 176 Å². The molecule has 0 saturated carbocycles. The van der Waals surface area contributed by atoms with Crippen molar-refractivity contribution < 1.29 is 4.42 Å². The quantitative estimate of drug-likeness (QED) is 0.153. The van der Waals surface area contributed by atoms with Crippen LogP contribution in [0.25, 0.3) is 93.9 Å². The molecule has 0 fully saturated rings. The molecule has 2 heterocycles. The third kappa shape index (κ3) is 6.29. The summed E-state index contributed by atoms with van der Waals surface area (Å²) >= 11 is 0. The number of nitrogens with zero attached hydrogens (tertiary/aromatic N) is 2. The molecule has 0 amide bonds. The standard InChI is InChI=1S/C60H40N2O/c1-2-15-43(16-3-1)49-18-6-10-24-55(49)61(45-35-29-41(30-36-45)42-31-37-47(38-32-42)62-56-25-11-7-20-51(56)52-21-8-12-26-57(52)62)46-39-33-44(34-40-46)48-17-4-5-19-50(48)53-23-14-28-59-60(53)54-22-9-13-27-58(54)63-59/h1-40H. The van der Waals surface area contributed by atoms with E-state index in [1.54, 1.807) is 0 Å². The largest absolute Gasteiger partial charge is 0.456 e. The van der Waals surface area contributed by atoms with Gasteiger partial charge in [0.25, 0.3) is 0 Å². The van der Waals surface area contributed by atoms with E-state index in [0.717, 1.165) is 66.9 Å². The lowest BCUT2D eigenvalue weighted by Gasteiger charge is -2.28. The summed E-state index contributed by atoms with van der Waals surface area (Å²) in [6, 6.07) is 87.0. The van der Waals surface area contributed by atoms with Crippen molar-refractivity contribution in [1.82, 2.24) is 4.57 Å². The van der Waals surface area contributed by atoms with Crippen molar-refractivity contribution in [2.75, 3.05) is 4.90 Å². The van der Waals surface area contributed by atoms with Gasteiger partial charge >= 0.3 is 0 Å². The van der Waals surface area contributed by atoms with Gasteiger partial charge in [-0.15, -0.1) is 0 Å². The first-order valence-electron chi connectivity index (χ1n) is 21.5. The van der Waals surface area contributed by atoms with Crippen LogP contribution in [0.4, 0.5) is 17.1 Å². The number of hydrogen-bond donors (Lipinski definition) is 0. The Morgan fingerprint density at radius 2 is 0.778 bits per heavy atom. The van der Waals surface area contributed by atoms with Crippen molar-refractivity contribution in [2.45, 2.75) is 0 Å². The van der Waals surface area contributed by atoms with Crippen molar-refractivity contribution >= 4 is 60.8 Å². The topological polar surface area (TPSA) is 21.3 Å². The minimum atomic E-state index is 0.897. The summed E-state index contributed by atoms with van der Waals surface area (Å²) in [6.07, 6.45) is 0. The van der Waals surface area contributed by atoms with Gasteiger partial charge in [0.2, 0.25) is 0 Å². The van der Waals surface area contributed by atoms with E-state index in [4.69, 9.17) is 4.42 Å². The lowest BCUT2D eigenvalue weighted by molar-refractivity contribution is 0.669. The first-order valence-corrected chi connectivity index (χ1v) is 21.5. The summed E-state index contributed by atoms with van der Waals surface area (Å²) in [5.74, 6) is 0. The maximum absolute atomic E-state index is 6.30. The molecule has 0 unspecified atom stereocenters. The maximum atomic E-state index is 6.30. The van der Waals surface area contributed by atoms with Gasteiger partial charge in [0.1, 0.15) is 11.2 Å². The molecule has 0 aliphatic rings. The van der Waals surface area contributed by atoms with Gasteiger partial charge < -0.3 is 13.9 Å². The van der Waals surface area contributed by atoms with Gasteiger partial charge in [-0.25, -0.2) is 0 Å². The van der Waals surface area contributed by atoms with Crippen LogP contribution in [-0.4, -0.2) is 4.57 Å². The number of fused-ring (bicyclic) bond motifs is 6. The van der Waals surface area contributed by atoms with Crippen molar-refractivity contribution in [1.29, 1.82) is 0 Å². The molecule has 12 aromatic rings. The highest BCUT2D eigenvalue weighted by molar-refractivity contribution is 6.14. The summed E-state index contributed by atoms with van der Waals surface area (Å²) in [4.78, 5) is 2.38. The number of benzene rings is 10. The van der Waals surface area contributed by atoms with Gasteiger partial charge in [-0.05, 0) is 106 Å². The Morgan fingerprint density at radius 1 is 0.302 bits per heavy atom. The van der Waals surface area contributed by atoms with E-state index >= 15 is 0 Å². The monoisotopic (exact) mass is 804 g/mol. The highest BCUT2D eigenvalue weighted by Crippen LogP contribution is 2.44. The number of furan rings is 1. The molecule has 0 aliphatic heterocycles. The van der Waals surface area contributed by atoms with E-state index in [2.05, 4.69) is 240 Å². The molecule has 0 bridgehead atoms. The molecule has 3 heteroatoms. The normalized spacial score (nSPS) is 11.5. The fourth-order valence-electron chi connectivity index (χ4n) is 9.52. The molecule has 0 atom stereocenters. The molecule has 296 valence electrons. The molecule has 12 rings (SSSR count). The fraction of sp³-hybridized carbons (Fsp3) is 0. The number of hydrogen-bond acceptors (Lipinski definition) is 2. The van der Waals surface area contributed by atoms with Crippen LogP contribution in [0, 0.1) is 0 Å². The molecule has 3 nitrogen and oxygen atoms in total. The SMILES string of the molecule is c1ccc(-c2ccccc2N(c2ccc(-c3ccc(-n4c5ccccc5c5ccccc54)cc3)cc2)c2ccc(-c3ccccc3-c3cccc4oc5ccccc5c34)cc2)cc1. The third-order valence-corrected chi connectivity index (χ3v) is 12.5. The summed E-state index contributed by atoms with van der Waals surface area (Å²) in [5, 5.41) is 4.80. The Labute approximate surface area is 366 Å². The molecule has 0 saturated heterocycles. The molecule has 0 aliphatic carbocycles. The molecule has 0 spiro atoms. The Balaban J connectivity index is 0.925. The minimum Gasteiger partial charge on any atom is -0.456 e. The average Bonchev–Trinajstić information content (AvgIpc) is 3.91. The number of anilines is 3. The van der Waals surface area contributed by atoms with E-state index in [1.807, 2.05) is 12.1 Å². The second-order valence-electron chi connectivity index (χ2n) is 16.1. The zero-order valence-corrected chi connectivity index (χ0v) is 34.4. The van der Waals surface area contributed by atoms with Gasteiger partial charge in [-0.3, -0.25) is 0 Å². The minimum absolute atomic E-state index is 0.897. The number of aromatic nitrogens is 1. The molecule has 63 heavy (non-hydrogen) atoms. The van der Waals surface area contributed by atoms with Gasteiger partial charge in [-0.2, -0.15) is 0 Å². The van der Waals surface area contributed by atoms with Crippen molar-refractivity contribution in [2.24, 2.45) is 0 Å². The van der Waals surface area contributed by atoms with E-state index in [9.17, 15) is 0 Å². The molecule has 2 aromatic heterocycles. The second-order valence-corrected chi connectivity index (χ2v) is 16.1. The van der Waals surface area contributed by atoms with E-state index in [-0.39, 0.29) is 0 Å². The zero-order valence-electron chi connectivity index (χ0n) is 34.4. The lowest BCUT2D eigenvalue weighted by Crippen LogP contribution is -2.11. The predicted molar refractivity (Wildman–Crippen MR) is 264 cm³/mol. The van der Waals surface area contributed by atoms with E-state index < -0.39 is 0 Å². The summed E-state index contributed by atoms with van der Waals surface area (Å²) in [7, 11) is 0. The predicted octanol–water partition coefficient (Wildman–Crippen LogP) is 16.8. The first kappa shape index (κ1) is 36.5. The van der Waals surface area contributed by atoms with Gasteiger partial charge in [0.15, 0.2) is 0 Å². The summed E-state index contributed by atoms with van der Waals surface area (Å²) < 4.78 is 8.66. The third-order valence-electron chi connectivity index (χ3n) is 12.5. The van der Waals surface area contributed by atoms with Crippen LogP contribution in [0.3, 0.4) is 0 Å². The average molecular weight is 805 g/mol. The van der Waals surface area contributed by atoms with Crippen LogP contribution in [0.1, 0.15) is 0 Å². The number of para-hydroxylation sites is 4. The highest BCUT2D eigenvalue weighted by atomic mass is 16.3. The van der Waals surface area contributed by atoms with Crippen LogP contribution in [0.15, 0.2) is 247 Å². The Hall–Kier alpha value is -8.40. The van der Waals surface area contributed by atoms with Crippen LogP contribution in [0.5, 0.6) is 0 Å². The van der Waals surface area contributed by atoms with Crippen molar-refractivity contribution in [3.63, 3.8) is 0 Å². The molecular weight excluding hydrogens is 765 g/mol. The van der Waals surface area contributed by atoms with Crippen molar-refractivity contribution in [3.05, 3.63) is 243 Å². The second kappa shape index (κ2) is 15.3. The van der Waals surface area contributed by atoms with Crippen LogP contribution in [0.2, 0.25) is 0 Å². The Morgan fingerprint density at radius 3 is 1.46 bits per heavy atom. The highest BCUT2D eigenvalue weighted by Gasteiger charge is 2.20. The molecular formula is C60H40N2O. The lowest BCUT2D eigenvalue weighted by atomic mass is 9.92. The van der Waals surface area contributed by atoms with Crippen LogP contribution < -0.4 is 4.90 Å². The van der Waals surface area contributed by atoms with Crippen LogP contribution in [-0.2, 0) is 0 Å². The summed E-state index contributed by atoms with van der Waals surface area (Å²) in [5.41, 5.74) is 18.0. The Kier molecular flexibility index (Phi) is 8.83. The maximum Gasteiger partial charge on any atom is 0.136 e. The van der Waals surface area contributed by atoms with Crippen LogP contribution >= 0.6 is 0 Å². The van der Waals surface area contributed by atoms with Crippen molar-refractivity contribution in [3.8, 4) is 50.2 Å². The number of rotatable bonds is 8. The van der Waals surface area contributed by atoms with Gasteiger partial charge in [0.05, 0.1) is 16.7 Å². The smallest absolute Gasteiger partial charge is 0.136 e. The molecule has 0 N–H and O–H groups in total. The van der Waals surface area contributed by atoms with E-state index in [1.165, 1.54) is 44.1 Å². The zero-order chi connectivity index (χ0) is 41.7. The molecule has 10 aromatic carbocycles. The summed E-state index contributed by atoms with van der Waals surface area (Å²) in [6.45, 7) is 0. The first-order chi connectivity index (χ1) is 31.3. The molecule has 0 radical (unpaired) electrons. The van der Waals surface area contributed by atoms with Gasteiger partial charge in [0, 0.05) is 44.2 Å².